The first-order valence-electron chi connectivity index (χ1n) is 12.3. The lowest BCUT2D eigenvalue weighted by Crippen LogP contribution is -2.29. The maximum absolute atomic E-state index is 10.8. The van der Waals surface area contributed by atoms with E-state index in [-0.39, 0.29) is 30.7 Å². The van der Waals surface area contributed by atoms with Gasteiger partial charge in [-0.3, -0.25) is 0 Å². The fraction of sp³-hybridized carbons (Fsp3) is 0.708. The van der Waals surface area contributed by atoms with Crippen LogP contribution < -0.4 is 10.1 Å². The Bertz CT molecular complexity index is 865. The highest BCUT2D eigenvalue weighted by Gasteiger charge is 2.44. The maximum atomic E-state index is 10.8. The van der Waals surface area contributed by atoms with Gasteiger partial charge < -0.3 is 25.4 Å². The topological polar surface area (TPSA) is 136 Å². The van der Waals surface area contributed by atoms with Crippen molar-refractivity contribution >= 4 is 5.95 Å². The molecule has 1 fully saturated rings. The van der Waals surface area contributed by atoms with Crippen molar-refractivity contribution in [3.8, 4) is 5.75 Å². The van der Waals surface area contributed by atoms with E-state index in [0.29, 0.717) is 11.8 Å². The van der Waals surface area contributed by atoms with E-state index in [1.54, 1.807) is 0 Å². The van der Waals surface area contributed by atoms with Crippen molar-refractivity contribution in [1.29, 1.82) is 0 Å². The average Bonchev–Trinajstić information content (AvgIpc) is 3.41. The Morgan fingerprint density at radius 3 is 2.88 bits per heavy atom. The molecule has 2 aliphatic rings. The van der Waals surface area contributed by atoms with Gasteiger partial charge in [0.15, 0.2) is 6.23 Å². The van der Waals surface area contributed by atoms with Gasteiger partial charge in [0.05, 0.1) is 12.2 Å². The number of benzene rings is 1. The van der Waals surface area contributed by atoms with Crippen molar-refractivity contribution in [1.82, 2.24) is 20.6 Å². The molecule has 1 unspecified atom stereocenters. The van der Waals surface area contributed by atoms with Crippen LogP contribution in [0.2, 0.25) is 0 Å². The summed E-state index contributed by atoms with van der Waals surface area (Å²) in [5, 5.41) is 47.4. The number of anilines is 1. The Hall–Kier alpha value is -2.23. The largest absolute Gasteiger partial charge is 0.489 e. The number of aliphatic hydroxyl groups excluding tert-OH is 3. The molecular weight excluding hydrogens is 422 g/mol. The molecule has 1 heterocycles. The lowest BCUT2D eigenvalue weighted by molar-refractivity contribution is 0.0869. The second kappa shape index (κ2) is 11.3. The quantitative estimate of drug-likeness (QED) is 0.241. The molecule has 1 aromatic carbocycles. The zero-order valence-electron chi connectivity index (χ0n) is 19.4. The zero-order chi connectivity index (χ0) is 23.2. The van der Waals surface area contributed by atoms with Gasteiger partial charge in [0.25, 0.3) is 5.95 Å². The van der Waals surface area contributed by atoms with E-state index in [1.165, 1.54) is 17.5 Å². The van der Waals surface area contributed by atoms with Crippen molar-refractivity contribution in [2.24, 2.45) is 17.8 Å². The van der Waals surface area contributed by atoms with Crippen LogP contribution in [0.5, 0.6) is 5.75 Å². The molecule has 182 valence electrons. The number of H-pyrrole nitrogens is 1. The van der Waals surface area contributed by atoms with Crippen LogP contribution in [-0.2, 0) is 12.8 Å². The van der Waals surface area contributed by atoms with E-state index in [4.69, 9.17) is 4.74 Å². The lowest BCUT2D eigenvalue weighted by Gasteiger charge is -2.32. The second-order valence-electron chi connectivity index (χ2n) is 9.63. The van der Waals surface area contributed by atoms with E-state index in [9.17, 15) is 15.3 Å². The summed E-state index contributed by atoms with van der Waals surface area (Å²) < 4.78 is 5.95. The molecule has 6 atom stereocenters. The lowest BCUT2D eigenvalue weighted by atomic mass is 9.73. The van der Waals surface area contributed by atoms with Gasteiger partial charge in [0.1, 0.15) is 12.4 Å². The Morgan fingerprint density at radius 1 is 1.21 bits per heavy atom. The molecule has 0 bridgehead atoms. The molecule has 9 heteroatoms. The monoisotopic (exact) mass is 459 g/mol. The van der Waals surface area contributed by atoms with Crippen LogP contribution in [0.25, 0.3) is 0 Å². The molecule has 4 rings (SSSR count). The first-order chi connectivity index (χ1) is 16.0. The third-order valence-corrected chi connectivity index (χ3v) is 7.36. The van der Waals surface area contributed by atoms with E-state index in [2.05, 4.69) is 38.9 Å². The number of fused-ring (bicyclic) bond motifs is 2. The summed E-state index contributed by atoms with van der Waals surface area (Å²) in [4.78, 5) is 0. The molecule has 0 saturated heterocycles. The Labute approximate surface area is 195 Å². The summed E-state index contributed by atoms with van der Waals surface area (Å²) in [6, 6.07) is 6.08. The van der Waals surface area contributed by atoms with Crippen molar-refractivity contribution in [3.05, 3.63) is 29.3 Å². The molecule has 5 N–H and O–H groups in total. The van der Waals surface area contributed by atoms with E-state index < -0.39 is 6.23 Å². The summed E-state index contributed by atoms with van der Waals surface area (Å²) in [6.07, 6.45) is 7.00. The number of nitrogens with one attached hydrogen (secondary N) is 2. The van der Waals surface area contributed by atoms with Crippen LogP contribution >= 0.6 is 0 Å². The Balaban J connectivity index is 1.34. The number of hydrogen-bond donors (Lipinski definition) is 5. The SMILES string of the molecule is CCCCC[C@@H](O)CC[C@@H]1[C@H]2Cc3cccc(OCC(O)Nc4nn[nH]n4)c3C[C@H]2C[C@H]1O. The van der Waals surface area contributed by atoms with Crippen molar-refractivity contribution in [2.45, 2.75) is 83.1 Å². The Morgan fingerprint density at radius 2 is 2.09 bits per heavy atom. The molecule has 2 aliphatic carbocycles. The summed E-state index contributed by atoms with van der Waals surface area (Å²) >= 11 is 0. The highest BCUT2D eigenvalue weighted by Crippen LogP contribution is 2.48. The van der Waals surface area contributed by atoms with Crippen molar-refractivity contribution in [3.63, 3.8) is 0 Å². The Kier molecular flexibility index (Phi) is 8.16. The zero-order valence-corrected chi connectivity index (χ0v) is 19.4. The predicted molar refractivity (Wildman–Crippen MR) is 124 cm³/mol. The van der Waals surface area contributed by atoms with Gasteiger partial charge in [-0.15, -0.1) is 5.10 Å². The number of rotatable bonds is 12. The van der Waals surface area contributed by atoms with Gasteiger partial charge in [0, 0.05) is 0 Å². The van der Waals surface area contributed by atoms with E-state index in [0.717, 1.165) is 57.1 Å². The van der Waals surface area contributed by atoms with Crippen LogP contribution in [0.15, 0.2) is 18.2 Å². The molecular formula is C24H37N5O4. The van der Waals surface area contributed by atoms with Gasteiger partial charge in [-0.25, -0.2) is 0 Å². The number of aromatic amines is 1. The normalized spacial score (nSPS) is 25.8. The predicted octanol–water partition coefficient (Wildman–Crippen LogP) is 2.44. The summed E-state index contributed by atoms with van der Waals surface area (Å²) in [5.74, 6) is 2.10. The van der Waals surface area contributed by atoms with Gasteiger partial charge in [-0.05, 0) is 78.7 Å². The average molecular weight is 460 g/mol. The maximum Gasteiger partial charge on any atom is 0.265 e. The fourth-order valence-electron chi connectivity index (χ4n) is 5.68. The van der Waals surface area contributed by atoms with Crippen LogP contribution in [-0.4, -0.2) is 61.0 Å². The number of ether oxygens (including phenoxy) is 1. The summed E-state index contributed by atoms with van der Waals surface area (Å²) in [5.41, 5.74) is 2.44. The van der Waals surface area contributed by atoms with Gasteiger partial charge in [-0.2, -0.15) is 5.21 Å². The van der Waals surface area contributed by atoms with Gasteiger partial charge in [0.2, 0.25) is 0 Å². The smallest absolute Gasteiger partial charge is 0.265 e. The highest BCUT2D eigenvalue weighted by molar-refractivity contribution is 5.43. The van der Waals surface area contributed by atoms with Crippen LogP contribution in [0.3, 0.4) is 0 Å². The first-order valence-corrected chi connectivity index (χ1v) is 12.3. The number of unbranched alkanes of at least 4 members (excludes halogenated alkanes) is 2. The van der Waals surface area contributed by atoms with Crippen LogP contribution in [0.1, 0.15) is 63.0 Å². The van der Waals surface area contributed by atoms with Crippen LogP contribution in [0.4, 0.5) is 5.95 Å². The van der Waals surface area contributed by atoms with E-state index in [1.807, 2.05) is 12.1 Å². The molecule has 2 aromatic rings. The minimum absolute atomic E-state index is 0.0558. The summed E-state index contributed by atoms with van der Waals surface area (Å²) in [7, 11) is 0. The number of tetrazole rings is 1. The molecule has 0 radical (unpaired) electrons. The van der Waals surface area contributed by atoms with Gasteiger partial charge >= 0.3 is 0 Å². The number of aromatic nitrogens is 4. The van der Waals surface area contributed by atoms with Crippen molar-refractivity contribution in [2.75, 3.05) is 11.9 Å². The van der Waals surface area contributed by atoms with Crippen molar-refractivity contribution < 1.29 is 20.1 Å². The minimum atomic E-state index is -0.962. The number of aliphatic hydroxyl groups is 3. The summed E-state index contributed by atoms with van der Waals surface area (Å²) in [6.45, 7) is 2.23. The van der Waals surface area contributed by atoms with Crippen LogP contribution in [0, 0.1) is 17.8 Å². The molecule has 0 spiro atoms. The molecule has 9 nitrogen and oxygen atoms in total. The third-order valence-electron chi connectivity index (χ3n) is 7.36. The number of hydrogen-bond acceptors (Lipinski definition) is 8. The standard InChI is InChI=1S/C24H37N5O4/c1-2-3-4-7-17(30)9-10-18-19-11-15-6-5-8-22(20(15)12-16(19)13-21(18)31)33-14-23(32)25-24-26-28-29-27-24/h5-6,8,16-19,21,23,30-32H,2-4,7,9-14H2,1H3,(H2,25,26,27,28,29)/t16-,17+,18+,19-,21+,23?/m0/s1. The molecule has 1 aromatic heterocycles. The number of nitrogens with zero attached hydrogens (tertiary/aromatic N) is 3. The molecule has 0 aliphatic heterocycles. The first kappa shape index (κ1) is 23.9. The van der Waals surface area contributed by atoms with E-state index >= 15 is 0 Å². The van der Waals surface area contributed by atoms with Gasteiger partial charge in [-0.1, -0.05) is 43.4 Å². The molecule has 0 amide bonds. The fourth-order valence-corrected chi connectivity index (χ4v) is 5.68. The highest BCUT2D eigenvalue weighted by atomic mass is 16.5. The third kappa shape index (κ3) is 6.02. The minimum Gasteiger partial charge on any atom is -0.489 e. The molecule has 33 heavy (non-hydrogen) atoms. The molecule has 1 saturated carbocycles. The second-order valence-corrected chi connectivity index (χ2v) is 9.63.